The summed E-state index contributed by atoms with van der Waals surface area (Å²) in [4.78, 5) is 2.58. The maximum Gasteiger partial charge on any atom is 0.120 e. The molecule has 0 aromatic heterocycles. The van der Waals surface area contributed by atoms with E-state index in [1.165, 1.54) is 0 Å². The van der Waals surface area contributed by atoms with Crippen molar-refractivity contribution in [1.29, 1.82) is 0 Å². The standard InChI is InChI=1S/C14H22N2O2S/c1-11(10-17-3)16(2)7-8-18-13-6-4-5-12(9-13)14(15)19/h4-6,9,11H,7-8,10H2,1-3H3,(H2,15,19). The second kappa shape index (κ2) is 8.09. The summed E-state index contributed by atoms with van der Waals surface area (Å²) in [5, 5.41) is 0. The van der Waals surface area contributed by atoms with E-state index in [4.69, 9.17) is 27.4 Å². The third-order valence-electron chi connectivity index (χ3n) is 2.99. The third-order valence-corrected chi connectivity index (χ3v) is 3.23. The minimum atomic E-state index is 0.372. The van der Waals surface area contributed by atoms with Crippen LogP contribution in [0.4, 0.5) is 0 Å². The van der Waals surface area contributed by atoms with Crippen LogP contribution in [0.5, 0.6) is 5.75 Å². The Bertz CT molecular complexity index is 412. The van der Waals surface area contributed by atoms with Gasteiger partial charge in [-0.15, -0.1) is 0 Å². The molecular formula is C14H22N2O2S. The topological polar surface area (TPSA) is 47.7 Å². The van der Waals surface area contributed by atoms with E-state index < -0.39 is 0 Å². The minimum Gasteiger partial charge on any atom is -0.492 e. The van der Waals surface area contributed by atoms with Gasteiger partial charge in [-0.2, -0.15) is 0 Å². The first-order valence-electron chi connectivity index (χ1n) is 6.26. The highest BCUT2D eigenvalue weighted by molar-refractivity contribution is 7.80. The monoisotopic (exact) mass is 282 g/mol. The number of rotatable bonds is 8. The Morgan fingerprint density at radius 2 is 2.21 bits per heavy atom. The number of nitrogens with two attached hydrogens (primary N) is 1. The number of benzene rings is 1. The summed E-state index contributed by atoms with van der Waals surface area (Å²) < 4.78 is 10.8. The van der Waals surface area contributed by atoms with Crippen LogP contribution in [0.2, 0.25) is 0 Å². The molecule has 1 aromatic rings. The number of thiocarbonyl (C=S) groups is 1. The van der Waals surface area contributed by atoms with Crippen molar-refractivity contribution in [1.82, 2.24) is 4.90 Å². The van der Waals surface area contributed by atoms with E-state index in [2.05, 4.69) is 18.9 Å². The number of hydrogen-bond acceptors (Lipinski definition) is 4. The number of likely N-dealkylation sites (N-methyl/N-ethyl adjacent to an activating group) is 1. The first-order chi connectivity index (χ1) is 9.04. The molecule has 106 valence electrons. The molecule has 0 saturated carbocycles. The van der Waals surface area contributed by atoms with Crippen molar-refractivity contribution in [2.45, 2.75) is 13.0 Å². The first kappa shape index (κ1) is 15.9. The molecule has 0 amide bonds. The molecule has 0 spiro atoms. The van der Waals surface area contributed by atoms with Gasteiger partial charge in [-0.3, -0.25) is 4.90 Å². The normalized spacial score (nSPS) is 12.4. The molecule has 0 heterocycles. The molecule has 0 aliphatic rings. The van der Waals surface area contributed by atoms with Gasteiger partial charge in [0.25, 0.3) is 0 Å². The molecule has 1 aromatic carbocycles. The highest BCUT2D eigenvalue weighted by Crippen LogP contribution is 2.13. The largest absolute Gasteiger partial charge is 0.492 e. The average molecular weight is 282 g/mol. The highest BCUT2D eigenvalue weighted by Gasteiger charge is 2.08. The Labute approximate surface area is 120 Å². The second-order valence-electron chi connectivity index (χ2n) is 4.53. The fourth-order valence-corrected chi connectivity index (χ4v) is 1.76. The fourth-order valence-electron chi connectivity index (χ4n) is 1.64. The molecule has 0 bridgehead atoms. The van der Waals surface area contributed by atoms with E-state index in [-0.39, 0.29) is 0 Å². The molecule has 19 heavy (non-hydrogen) atoms. The Balaban J connectivity index is 2.40. The van der Waals surface area contributed by atoms with E-state index in [1.807, 2.05) is 24.3 Å². The average Bonchev–Trinajstić information content (AvgIpc) is 2.39. The van der Waals surface area contributed by atoms with Crippen molar-refractivity contribution in [2.24, 2.45) is 5.73 Å². The van der Waals surface area contributed by atoms with Gasteiger partial charge in [-0.1, -0.05) is 24.4 Å². The first-order valence-corrected chi connectivity index (χ1v) is 6.67. The van der Waals surface area contributed by atoms with Crippen LogP contribution in [0.15, 0.2) is 24.3 Å². The molecule has 1 atom stereocenters. The van der Waals surface area contributed by atoms with Crippen LogP contribution in [-0.2, 0) is 4.74 Å². The molecule has 0 aliphatic heterocycles. The van der Waals surface area contributed by atoms with E-state index in [1.54, 1.807) is 7.11 Å². The van der Waals surface area contributed by atoms with Gasteiger partial charge in [0.15, 0.2) is 0 Å². The van der Waals surface area contributed by atoms with Crippen molar-refractivity contribution < 1.29 is 9.47 Å². The molecule has 0 fully saturated rings. The van der Waals surface area contributed by atoms with Gasteiger partial charge in [0.2, 0.25) is 0 Å². The summed E-state index contributed by atoms with van der Waals surface area (Å²) in [6, 6.07) is 7.90. The van der Waals surface area contributed by atoms with Crippen LogP contribution in [0, 0.1) is 0 Å². The zero-order valence-corrected chi connectivity index (χ0v) is 12.6. The van der Waals surface area contributed by atoms with Crippen molar-refractivity contribution in [3.05, 3.63) is 29.8 Å². The van der Waals surface area contributed by atoms with Crippen LogP contribution in [0.3, 0.4) is 0 Å². The van der Waals surface area contributed by atoms with E-state index in [0.717, 1.165) is 17.9 Å². The molecule has 0 saturated heterocycles. The summed E-state index contributed by atoms with van der Waals surface area (Å²) in [5.41, 5.74) is 6.41. The van der Waals surface area contributed by atoms with Crippen LogP contribution >= 0.6 is 12.2 Å². The van der Waals surface area contributed by atoms with Crippen molar-refractivity contribution >= 4 is 17.2 Å². The lowest BCUT2D eigenvalue weighted by molar-refractivity contribution is 0.105. The van der Waals surface area contributed by atoms with Crippen LogP contribution in [0.25, 0.3) is 0 Å². The number of hydrogen-bond donors (Lipinski definition) is 1. The summed E-state index contributed by atoms with van der Waals surface area (Å²) >= 11 is 4.94. The zero-order valence-electron chi connectivity index (χ0n) is 11.8. The molecular weight excluding hydrogens is 260 g/mol. The maximum absolute atomic E-state index is 5.70. The lowest BCUT2D eigenvalue weighted by atomic mass is 10.2. The summed E-state index contributed by atoms with van der Waals surface area (Å²) in [6.07, 6.45) is 0. The van der Waals surface area contributed by atoms with Gasteiger partial charge in [0, 0.05) is 25.3 Å². The third kappa shape index (κ3) is 5.55. The molecule has 5 heteroatoms. The number of nitrogens with zero attached hydrogens (tertiary/aromatic N) is 1. The lowest BCUT2D eigenvalue weighted by Gasteiger charge is -2.23. The van der Waals surface area contributed by atoms with Crippen molar-refractivity contribution in [3.63, 3.8) is 0 Å². The Hall–Kier alpha value is -1.17. The maximum atomic E-state index is 5.70. The predicted octanol–water partition coefficient (Wildman–Crippen LogP) is 1.67. The lowest BCUT2D eigenvalue weighted by Crippen LogP contribution is -2.35. The van der Waals surface area contributed by atoms with Gasteiger partial charge < -0.3 is 15.2 Å². The Morgan fingerprint density at radius 1 is 1.47 bits per heavy atom. The van der Waals surface area contributed by atoms with Crippen LogP contribution < -0.4 is 10.5 Å². The van der Waals surface area contributed by atoms with E-state index in [9.17, 15) is 0 Å². The summed E-state index contributed by atoms with van der Waals surface area (Å²) in [7, 11) is 3.76. The van der Waals surface area contributed by atoms with Crippen molar-refractivity contribution in [3.8, 4) is 5.75 Å². The van der Waals surface area contributed by atoms with Gasteiger partial charge in [-0.05, 0) is 26.1 Å². The SMILES string of the molecule is COCC(C)N(C)CCOc1cccc(C(N)=S)c1. The van der Waals surface area contributed by atoms with Gasteiger partial charge >= 0.3 is 0 Å². The smallest absolute Gasteiger partial charge is 0.120 e. The predicted molar refractivity (Wildman–Crippen MR) is 81.8 cm³/mol. The number of ether oxygens (including phenoxy) is 2. The van der Waals surface area contributed by atoms with Crippen LogP contribution in [-0.4, -0.2) is 49.8 Å². The molecule has 2 N–H and O–H groups in total. The van der Waals surface area contributed by atoms with Crippen LogP contribution in [0.1, 0.15) is 12.5 Å². The van der Waals surface area contributed by atoms with Crippen molar-refractivity contribution in [2.75, 3.05) is 33.9 Å². The molecule has 4 nitrogen and oxygen atoms in total. The molecule has 1 rings (SSSR count). The molecule has 1 unspecified atom stereocenters. The van der Waals surface area contributed by atoms with Gasteiger partial charge in [-0.25, -0.2) is 0 Å². The highest BCUT2D eigenvalue weighted by atomic mass is 32.1. The van der Waals surface area contributed by atoms with Gasteiger partial charge in [0.1, 0.15) is 17.3 Å². The van der Waals surface area contributed by atoms with E-state index >= 15 is 0 Å². The Morgan fingerprint density at radius 3 is 2.84 bits per heavy atom. The second-order valence-corrected chi connectivity index (χ2v) is 4.97. The fraction of sp³-hybridized carbons (Fsp3) is 0.500. The summed E-state index contributed by atoms with van der Waals surface area (Å²) in [5.74, 6) is 0.790. The molecule has 0 radical (unpaired) electrons. The summed E-state index contributed by atoms with van der Waals surface area (Å²) in [6.45, 7) is 4.29. The number of methoxy groups -OCH3 is 1. The quantitative estimate of drug-likeness (QED) is 0.735. The Kier molecular flexibility index (Phi) is 6.77. The minimum absolute atomic E-state index is 0.372. The van der Waals surface area contributed by atoms with Gasteiger partial charge in [0.05, 0.1) is 6.61 Å². The van der Waals surface area contributed by atoms with E-state index in [0.29, 0.717) is 24.2 Å². The zero-order chi connectivity index (χ0) is 14.3. The molecule has 0 aliphatic carbocycles.